The normalized spacial score (nSPS) is 10.1. The van der Waals surface area contributed by atoms with Crippen molar-refractivity contribution in [1.29, 1.82) is 0 Å². The number of aromatic nitrogens is 1. The summed E-state index contributed by atoms with van der Waals surface area (Å²) in [7, 11) is 0. The zero-order valence-electron chi connectivity index (χ0n) is 10.2. The minimum Gasteiger partial charge on any atom is -0.434 e. The van der Waals surface area contributed by atoms with E-state index in [1.165, 1.54) is 6.07 Å². The lowest BCUT2D eigenvalue weighted by molar-refractivity contribution is -0.387. The Balaban J connectivity index is 2.38. The van der Waals surface area contributed by atoms with Gasteiger partial charge in [0.2, 0.25) is 5.82 Å². The number of hydrogen-bond donors (Lipinski definition) is 1. The van der Waals surface area contributed by atoms with Crippen molar-refractivity contribution < 1.29 is 19.0 Å². The number of benzene rings is 1. The van der Waals surface area contributed by atoms with Gasteiger partial charge in [-0.3, -0.25) is 20.2 Å². The first-order valence-corrected chi connectivity index (χ1v) is 5.41. The summed E-state index contributed by atoms with van der Waals surface area (Å²) in [6.45, 7) is 0. The van der Waals surface area contributed by atoms with E-state index in [0.29, 0.717) is 0 Å². The fraction of sp³-hybridized carbons (Fsp3) is 0. The van der Waals surface area contributed by atoms with Crippen molar-refractivity contribution in [3.63, 3.8) is 0 Å². The van der Waals surface area contributed by atoms with Crippen LogP contribution in [0.3, 0.4) is 0 Å². The average molecular weight is 294 g/mol. The first kappa shape index (κ1) is 14.1. The van der Waals surface area contributed by atoms with Gasteiger partial charge in [-0.1, -0.05) is 0 Å². The van der Waals surface area contributed by atoms with Crippen LogP contribution in [-0.4, -0.2) is 14.8 Å². The lowest BCUT2D eigenvalue weighted by atomic mass is 10.3. The highest BCUT2D eigenvalue weighted by Crippen LogP contribution is 2.31. The maximum Gasteiger partial charge on any atom is 0.331 e. The van der Waals surface area contributed by atoms with Crippen LogP contribution in [0.1, 0.15) is 0 Å². The van der Waals surface area contributed by atoms with Gasteiger partial charge in [-0.05, 0) is 12.1 Å². The fourth-order valence-corrected chi connectivity index (χ4v) is 1.47. The van der Waals surface area contributed by atoms with E-state index < -0.39 is 32.9 Å². The van der Waals surface area contributed by atoms with Crippen LogP contribution in [0.15, 0.2) is 30.3 Å². The van der Waals surface area contributed by atoms with E-state index in [1.807, 2.05) is 0 Å². The largest absolute Gasteiger partial charge is 0.434 e. The smallest absolute Gasteiger partial charge is 0.331 e. The SMILES string of the molecule is Nc1ccc([N+](=O)[O-])c(Oc2ccc([N+](=O)[O-])c(F)c2)n1. The molecule has 10 heteroatoms. The molecule has 1 aromatic heterocycles. The molecule has 0 aliphatic rings. The Hall–Kier alpha value is -3.30. The summed E-state index contributed by atoms with van der Waals surface area (Å²) in [4.78, 5) is 23.3. The summed E-state index contributed by atoms with van der Waals surface area (Å²) in [6, 6.07) is 4.99. The number of nitrogens with two attached hydrogens (primary N) is 1. The Morgan fingerprint density at radius 2 is 1.71 bits per heavy atom. The van der Waals surface area contributed by atoms with Crippen molar-refractivity contribution in [3.05, 3.63) is 56.4 Å². The molecular weight excluding hydrogens is 287 g/mol. The molecule has 0 amide bonds. The van der Waals surface area contributed by atoms with E-state index in [9.17, 15) is 24.6 Å². The van der Waals surface area contributed by atoms with Gasteiger partial charge in [-0.25, -0.2) is 0 Å². The molecule has 108 valence electrons. The Morgan fingerprint density at radius 1 is 1.10 bits per heavy atom. The van der Waals surface area contributed by atoms with Gasteiger partial charge >= 0.3 is 17.3 Å². The summed E-state index contributed by atoms with van der Waals surface area (Å²) in [5, 5.41) is 21.3. The second kappa shape index (κ2) is 5.36. The van der Waals surface area contributed by atoms with Crippen LogP contribution in [0.2, 0.25) is 0 Å². The number of anilines is 1. The molecule has 1 aromatic carbocycles. The predicted molar refractivity (Wildman–Crippen MR) is 68.4 cm³/mol. The third-order valence-electron chi connectivity index (χ3n) is 2.39. The number of nitrogens with zero attached hydrogens (tertiary/aromatic N) is 3. The molecular formula is C11H7FN4O5. The molecule has 0 aliphatic heterocycles. The van der Waals surface area contributed by atoms with Gasteiger partial charge in [0.05, 0.1) is 9.85 Å². The molecule has 0 fully saturated rings. The van der Waals surface area contributed by atoms with Crippen LogP contribution in [0.5, 0.6) is 11.6 Å². The average Bonchev–Trinajstić information content (AvgIpc) is 2.37. The van der Waals surface area contributed by atoms with E-state index >= 15 is 0 Å². The van der Waals surface area contributed by atoms with E-state index in [0.717, 1.165) is 24.3 Å². The molecule has 9 nitrogen and oxygen atoms in total. The number of nitrogen functional groups attached to an aromatic ring is 1. The molecule has 21 heavy (non-hydrogen) atoms. The molecule has 0 atom stereocenters. The van der Waals surface area contributed by atoms with Gasteiger partial charge in [0, 0.05) is 18.2 Å². The summed E-state index contributed by atoms with van der Waals surface area (Å²) < 4.78 is 18.5. The molecule has 2 aromatic rings. The predicted octanol–water partition coefficient (Wildman–Crippen LogP) is 2.41. The van der Waals surface area contributed by atoms with Crippen molar-refractivity contribution in [2.75, 3.05) is 5.73 Å². The number of hydrogen-bond acceptors (Lipinski definition) is 7. The van der Waals surface area contributed by atoms with Crippen LogP contribution >= 0.6 is 0 Å². The van der Waals surface area contributed by atoms with Crippen LogP contribution in [0.25, 0.3) is 0 Å². The summed E-state index contributed by atoms with van der Waals surface area (Å²) in [6.07, 6.45) is 0. The van der Waals surface area contributed by atoms with E-state index in [1.54, 1.807) is 0 Å². The molecule has 1 heterocycles. The number of halogens is 1. The van der Waals surface area contributed by atoms with E-state index in [4.69, 9.17) is 10.5 Å². The van der Waals surface area contributed by atoms with Crippen LogP contribution in [0.4, 0.5) is 21.6 Å². The molecule has 0 bridgehead atoms. The molecule has 0 aliphatic carbocycles. The molecule has 0 saturated heterocycles. The Bertz CT molecular complexity index is 737. The lowest BCUT2D eigenvalue weighted by Gasteiger charge is -2.06. The Labute approximate surface area is 116 Å². The number of ether oxygens (including phenoxy) is 1. The Morgan fingerprint density at radius 3 is 2.29 bits per heavy atom. The van der Waals surface area contributed by atoms with Gasteiger partial charge in [-0.2, -0.15) is 9.37 Å². The highest BCUT2D eigenvalue weighted by molar-refractivity contribution is 5.49. The minimum atomic E-state index is -1.14. The van der Waals surface area contributed by atoms with Crippen molar-refractivity contribution in [3.8, 4) is 11.6 Å². The molecule has 0 saturated carbocycles. The van der Waals surface area contributed by atoms with Gasteiger partial charge < -0.3 is 10.5 Å². The van der Waals surface area contributed by atoms with Crippen LogP contribution in [0, 0.1) is 26.0 Å². The maximum absolute atomic E-state index is 13.4. The van der Waals surface area contributed by atoms with Crippen LogP contribution < -0.4 is 10.5 Å². The highest BCUT2D eigenvalue weighted by atomic mass is 19.1. The monoisotopic (exact) mass is 294 g/mol. The number of rotatable bonds is 4. The third-order valence-corrected chi connectivity index (χ3v) is 2.39. The number of nitro benzene ring substituents is 1. The molecule has 2 rings (SSSR count). The van der Waals surface area contributed by atoms with E-state index in [2.05, 4.69) is 4.98 Å². The van der Waals surface area contributed by atoms with Gasteiger partial charge in [0.25, 0.3) is 0 Å². The van der Waals surface area contributed by atoms with Gasteiger partial charge in [-0.15, -0.1) is 0 Å². The summed E-state index contributed by atoms with van der Waals surface area (Å²) in [5.41, 5.74) is 4.19. The standard InChI is InChI=1S/C11H7FN4O5/c12-7-5-6(1-2-8(7)15(17)18)21-11-9(16(19)20)3-4-10(13)14-11/h1-5H,(H2,13,14). The molecule has 0 spiro atoms. The zero-order chi connectivity index (χ0) is 15.6. The minimum absolute atomic E-state index is 0.0296. The second-order valence-electron chi connectivity index (χ2n) is 3.79. The quantitative estimate of drug-likeness (QED) is 0.675. The van der Waals surface area contributed by atoms with Crippen molar-refractivity contribution in [1.82, 2.24) is 4.98 Å². The topological polar surface area (TPSA) is 134 Å². The lowest BCUT2D eigenvalue weighted by Crippen LogP contribution is -1.99. The highest BCUT2D eigenvalue weighted by Gasteiger charge is 2.20. The van der Waals surface area contributed by atoms with Crippen molar-refractivity contribution in [2.45, 2.75) is 0 Å². The van der Waals surface area contributed by atoms with Crippen molar-refractivity contribution in [2.24, 2.45) is 0 Å². The number of pyridine rings is 1. The molecule has 2 N–H and O–H groups in total. The summed E-state index contributed by atoms with van der Waals surface area (Å²) in [5.74, 6) is -1.78. The summed E-state index contributed by atoms with van der Waals surface area (Å²) >= 11 is 0. The zero-order valence-corrected chi connectivity index (χ0v) is 10.2. The third kappa shape index (κ3) is 3.00. The van der Waals surface area contributed by atoms with E-state index in [-0.39, 0.29) is 11.6 Å². The van der Waals surface area contributed by atoms with Gasteiger partial charge in [0.15, 0.2) is 0 Å². The van der Waals surface area contributed by atoms with Crippen molar-refractivity contribution >= 4 is 17.2 Å². The first-order valence-electron chi connectivity index (χ1n) is 5.41. The number of nitro groups is 2. The van der Waals surface area contributed by atoms with Gasteiger partial charge in [0.1, 0.15) is 11.6 Å². The first-order chi connectivity index (χ1) is 9.88. The molecule has 0 radical (unpaired) electrons. The Kier molecular flexibility index (Phi) is 3.61. The maximum atomic E-state index is 13.4. The van der Waals surface area contributed by atoms with Crippen LogP contribution in [-0.2, 0) is 0 Å². The molecule has 0 unspecified atom stereocenters. The fourth-order valence-electron chi connectivity index (χ4n) is 1.47. The second-order valence-corrected chi connectivity index (χ2v) is 3.79.